The van der Waals surface area contributed by atoms with Crippen LogP contribution >= 0.6 is 0 Å². The zero-order chi connectivity index (χ0) is 9.68. The summed E-state index contributed by atoms with van der Waals surface area (Å²) in [6.07, 6.45) is 3.22. The lowest BCUT2D eigenvalue weighted by Gasteiger charge is -2.16. The predicted octanol–water partition coefficient (Wildman–Crippen LogP) is 1.19. The number of nitrogens with zero attached hydrogens (tertiary/aromatic N) is 1. The van der Waals surface area contributed by atoms with Crippen LogP contribution in [0.4, 0.5) is 0 Å². The summed E-state index contributed by atoms with van der Waals surface area (Å²) in [7, 11) is 0. The van der Waals surface area contributed by atoms with Gasteiger partial charge in [-0.1, -0.05) is 6.92 Å². The molecule has 72 valence electrons. The molecule has 0 aliphatic rings. The lowest BCUT2D eigenvalue weighted by molar-refractivity contribution is -0.138. The molecule has 0 unspecified atom stereocenters. The third-order valence-corrected chi connectivity index (χ3v) is 1.79. The molecule has 0 radical (unpaired) electrons. The Bertz CT molecular complexity index is 256. The number of carboxylic acids is 1. The van der Waals surface area contributed by atoms with E-state index in [4.69, 9.17) is 9.52 Å². The highest BCUT2D eigenvalue weighted by atomic mass is 16.4. The maximum Gasteiger partial charge on any atom is 0.317 e. The Labute approximate surface area is 76.8 Å². The van der Waals surface area contributed by atoms with E-state index < -0.39 is 5.97 Å². The molecule has 0 atom stereocenters. The van der Waals surface area contributed by atoms with E-state index in [0.717, 1.165) is 12.1 Å². The Morgan fingerprint density at radius 1 is 1.69 bits per heavy atom. The largest absolute Gasteiger partial charge is 0.480 e. The first-order valence-electron chi connectivity index (χ1n) is 4.17. The van der Waals surface area contributed by atoms with Gasteiger partial charge in [-0.2, -0.15) is 0 Å². The third-order valence-electron chi connectivity index (χ3n) is 1.79. The Kier molecular flexibility index (Phi) is 3.52. The number of rotatable bonds is 5. The summed E-state index contributed by atoms with van der Waals surface area (Å²) in [5.41, 5.74) is 1.00. The van der Waals surface area contributed by atoms with Gasteiger partial charge >= 0.3 is 5.97 Å². The summed E-state index contributed by atoms with van der Waals surface area (Å²) in [6.45, 7) is 3.35. The lowest BCUT2D eigenvalue weighted by Crippen LogP contribution is -2.28. The van der Waals surface area contributed by atoms with Crippen molar-refractivity contribution in [3.05, 3.63) is 24.2 Å². The average molecular weight is 183 g/mol. The molecule has 0 spiro atoms. The molecule has 1 heterocycles. The lowest BCUT2D eigenvalue weighted by atomic mass is 10.3. The van der Waals surface area contributed by atoms with Crippen molar-refractivity contribution in [2.24, 2.45) is 0 Å². The van der Waals surface area contributed by atoms with E-state index in [1.54, 1.807) is 12.5 Å². The van der Waals surface area contributed by atoms with Crippen molar-refractivity contribution >= 4 is 5.97 Å². The number of aliphatic carboxylic acids is 1. The molecule has 1 N–H and O–H groups in total. The summed E-state index contributed by atoms with van der Waals surface area (Å²) >= 11 is 0. The van der Waals surface area contributed by atoms with Crippen molar-refractivity contribution in [2.75, 3.05) is 13.1 Å². The molecule has 1 aromatic heterocycles. The van der Waals surface area contributed by atoms with E-state index in [0.29, 0.717) is 6.54 Å². The number of likely N-dealkylation sites (N-methyl/N-ethyl adjacent to an activating group) is 1. The number of hydrogen-bond acceptors (Lipinski definition) is 3. The van der Waals surface area contributed by atoms with Crippen LogP contribution in [0.15, 0.2) is 23.0 Å². The SMILES string of the molecule is CCN(CC(=O)O)Cc1ccoc1. The van der Waals surface area contributed by atoms with E-state index >= 15 is 0 Å². The molecule has 1 rings (SSSR count). The molecule has 1 aromatic rings. The third kappa shape index (κ3) is 3.29. The minimum Gasteiger partial charge on any atom is -0.480 e. The van der Waals surface area contributed by atoms with Crippen molar-refractivity contribution in [3.8, 4) is 0 Å². The highest BCUT2D eigenvalue weighted by molar-refractivity contribution is 5.69. The van der Waals surface area contributed by atoms with Gasteiger partial charge < -0.3 is 9.52 Å². The Morgan fingerprint density at radius 3 is 2.92 bits per heavy atom. The highest BCUT2D eigenvalue weighted by Gasteiger charge is 2.08. The van der Waals surface area contributed by atoms with Gasteiger partial charge in [0.15, 0.2) is 0 Å². The first kappa shape index (κ1) is 9.80. The van der Waals surface area contributed by atoms with Gasteiger partial charge in [0.05, 0.1) is 19.1 Å². The van der Waals surface area contributed by atoms with E-state index in [-0.39, 0.29) is 6.54 Å². The van der Waals surface area contributed by atoms with Crippen molar-refractivity contribution in [1.29, 1.82) is 0 Å². The van der Waals surface area contributed by atoms with E-state index in [2.05, 4.69) is 0 Å². The van der Waals surface area contributed by atoms with Gasteiger partial charge in [-0.05, 0) is 12.6 Å². The zero-order valence-electron chi connectivity index (χ0n) is 7.56. The zero-order valence-corrected chi connectivity index (χ0v) is 7.56. The molecular formula is C9H13NO3. The molecule has 4 nitrogen and oxygen atoms in total. The second kappa shape index (κ2) is 4.67. The van der Waals surface area contributed by atoms with Crippen LogP contribution in [-0.2, 0) is 11.3 Å². The summed E-state index contributed by atoms with van der Waals surface area (Å²) in [6, 6.07) is 1.84. The standard InChI is InChI=1S/C9H13NO3/c1-2-10(6-9(11)12)5-8-3-4-13-7-8/h3-4,7H,2,5-6H2,1H3,(H,11,12). The quantitative estimate of drug-likeness (QED) is 0.744. The minimum absolute atomic E-state index is 0.0711. The first-order valence-corrected chi connectivity index (χ1v) is 4.17. The molecule has 0 bridgehead atoms. The molecule has 0 aromatic carbocycles. The van der Waals surface area contributed by atoms with Gasteiger partial charge in [-0.15, -0.1) is 0 Å². The van der Waals surface area contributed by atoms with Crippen LogP contribution in [0.5, 0.6) is 0 Å². The molecule has 0 amide bonds. The average Bonchev–Trinajstić information content (AvgIpc) is 2.55. The molecule has 13 heavy (non-hydrogen) atoms. The fourth-order valence-electron chi connectivity index (χ4n) is 1.11. The number of hydrogen-bond donors (Lipinski definition) is 1. The molecule has 0 saturated carbocycles. The summed E-state index contributed by atoms with van der Waals surface area (Å²) in [5, 5.41) is 8.58. The van der Waals surface area contributed by atoms with Crippen LogP contribution in [0.2, 0.25) is 0 Å². The van der Waals surface area contributed by atoms with Crippen molar-refractivity contribution in [1.82, 2.24) is 4.90 Å². The van der Waals surface area contributed by atoms with Crippen molar-refractivity contribution in [3.63, 3.8) is 0 Å². The summed E-state index contributed by atoms with van der Waals surface area (Å²) in [4.78, 5) is 12.3. The molecule has 0 aliphatic carbocycles. The number of furan rings is 1. The minimum atomic E-state index is -0.801. The predicted molar refractivity (Wildman–Crippen MR) is 47.3 cm³/mol. The number of carbonyl (C=O) groups is 1. The van der Waals surface area contributed by atoms with Gasteiger partial charge in [-0.3, -0.25) is 9.69 Å². The Hall–Kier alpha value is -1.29. The fraction of sp³-hybridized carbons (Fsp3) is 0.444. The molecular weight excluding hydrogens is 170 g/mol. The van der Waals surface area contributed by atoms with Gasteiger partial charge in [0.25, 0.3) is 0 Å². The smallest absolute Gasteiger partial charge is 0.317 e. The van der Waals surface area contributed by atoms with Crippen LogP contribution in [-0.4, -0.2) is 29.1 Å². The fourth-order valence-corrected chi connectivity index (χ4v) is 1.11. The second-order valence-corrected chi connectivity index (χ2v) is 2.83. The maximum absolute atomic E-state index is 10.4. The van der Waals surface area contributed by atoms with Crippen LogP contribution in [0.25, 0.3) is 0 Å². The summed E-state index contributed by atoms with van der Waals surface area (Å²) < 4.78 is 4.89. The van der Waals surface area contributed by atoms with E-state index in [1.807, 2.05) is 17.9 Å². The molecule has 0 aliphatic heterocycles. The molecule has 0 saturated heterocycles. The van der Waals surface area contributed by atoms with E-state index in [1.165, 1.54) is 0 Å². The monoisotopic (exact) mass is 183 g/mol. The maximum atomic E-state index is 10.4. The summed E-state index contributed by atoms with van der Waals surface area (Å²) in [5.74, 6) is -0.801. The van der Waals surface area contributed by atoms with Crippen molar-refractivity contribution < 1.29 is 14.3 Å². The van der Waals surface area contributed by atoms with Gasteiger partial charge in [0.1, 0.15) is 0 Å². The second-order valence-electron chi connectivity index (χ2n) is 2.83. The molecule has 4 heteroatoms. The topological polar surface area (TPSA) is 53.7 Å². The Morgan fingerprint density at radius 2 is 2.46 bits per heavy atom. The molecule has 0 fully saturated rings. The highest BCUT2D eigenvalue weighted by Crippen LogP contribution is 2.04. The van der Waals surface area contributed by atoms with Gasteiger partial charge in [0.2, 0.25) is 0 Å². The van der Waals surface area contributed by atoms with Crippen LogP contribution in [0.1, 0.15) is 12.5 Å². The Balaban J connectivity index is 2.45. The van der Waals surface area contributed by atoms with Crippen LogP contribution < -0.4 is 0 Å². The van der Waals surface area contributed by atoms with Gasteiger partial charge in [0, 0.05) is 12.1 Å². The normalized spacial score (nSPS) is 10.6. The van der Waals surface area contributed by atoms with Crippen LogP contribution in [0, 0.1) is 0 Å². The van der Waals surface area contributed by atoms with Crippen molar-refractivity contribution in [2.45, 2.75) is 13.5 Å². The van der Waals surface area contributed by atoms with Gasteiger partial charge in [-0.25, -0.2) is 0 Å². The number of carboxylic acid groups (broad SMARTS) is 1. The van der Waals surface area contributed by atoms with Crippen LogP contribution in [0.3, 0.4) is 0 Å². The van der Waals surface area contributed by atoms with E-state index in [9.17, 15) is 4.79 Å². The first-order chi connectivity index (χ1) is 6.22.